The molecule has 0 aliphatic heterocycles. The topological polar surface area (TPSA) is 56.0 Å². The van der Waals surface area contributed by atoms with Crippen LogP contribution in [0.1, 0.15) is 10.6 Å². The Kier molecular flexibility index (Phi) is 3.11. The molecule has 5 heteroatoms. The molecule has 0 fully saturated rings. The molecule has 0 saturated heterocycles. The fourth-order valence-electron chi connectivity index (χ4n) is 0.638. The van der Waals surface area contributed by atoms with Crippen molar-refractivity contribution >= 4 is 29.0 Å². The largest absolute Gasteiger partial charge is 0.369 e. The summed E-state index contributed by atoms with van der Waals surface area (Å²) in [5.41, 5.74) is 6.04. The maximum atomic E-state index is 10.4. The number of aromatic nitrogens is 1. The Balaban J connectivity index is 2.58. The predicted molar refractivity (Wildman–Crippen MR) is 51.5 cm³/mol. The lowest BCUT2D eigenvalue weighted by atomic mass is 10.4. The number of carbonyl (C=O) groups is 1. The zero-order chi connectivity index (χ0) is 9.14. The average molecular weight is 202 g/mol. The van der Waals surface area contributed by atoms with Crippen molar-refractivity contribution in [3.63, 3.8) is 0 Å². The Morgan fingerprint density at radius 1 is 1.67 bits per heavy atom. The van der Waals surface area contributed by atoms with E-state index in [1.807, 2.05) is 13.8 Å². The van der Waals surface area contributed by atoms with E-state index in [4.69, 9.17) is 5.73 Å². The van der Waals surface area contributed by atoms with Crippen LogP contribution in [0.3, 0.4) is 0 Å². The van der Waals surface area contributed by atoms with Crippen molar-refractivity contribution in [3.8, 4) is 0 Å². The van der Waals surface area contributed by atoms with Gasteiger partial charge in [0, 0.05) is 4.88 Å². The molecule has 0 radical (unpaired) electrons. The molecule has 3 nitrogen and oxygen atoms in total. The molecule has 66 valence electrons. The van der Waals surface area contributed by atoms with Gasteiger partial charge in [0.2, 0.25) is 5.91 Å². The minimum Gasteiger partial charge on any atom is -0.369 e. The van der Waals surface area contributed by atoms with Gasteiger partial charge in [-0.25, -0.2) is 4.98 Å². The van der Waals surface area contributed by atoms with Gasteiger partial charge in [0.25, 0.3) is 0 Å². The first-order valence-electron chi connectivity index (χ1n) is 3.44. The third kappa shape index (κ3) is 2.49. The minimum absolute atomic E-state index is 0.300. The lowest BCUT2D eigenvalue weighted by Gasteiger charge is -1.89. The number of thiazole rings is 1. The van der Waals surface area contributed by atoms with E-state index in [1.165, 1.54) is 16.6 Å². The molecule has 0 spiro atoms. The van der Waals surface area contributed by atoms with E-state index in [2.05, 4.69) is 4.98 Å². The molecule has 1 aromatic heterocycles. The molecular formula is C7H10N2OS2. The van der Waals surface area contributed by atoms with Crippen molar-refractivity contribution in [2.24, 2.45) is 5.73 Å². The van der Waals surface area contributed by atoms with E-state index in [9.17, 15) is 4.79 Å². The van der Waals surface area contributed by atoms with Crippen LogP contribution in [0.15, 0.2) is 4.34 Å². The highest BCUT2D eigenvalue weighted by atomic mass is 32.2. The van der Waals surface area contributed by atoms with Gasteiger partial charge in [-0.05, 0) is 13.8 Å². The maximum absolute atomic E-state index is 10.4. The van der Waals surface area contributed by atoms with Gasteiger partial charge >= 0.3 is 0 Å². The van der Waals surface area contributed by atoms with Gasteiger partial charge in [-0.15, -0.1) is 11.3 Å². The van der Waals surface area contributed by atoms with E-state index < -0.39 is 0 Å². The summed E-state index contributed by atoms with van der Waals surface area (Å²) in [4.78, 5) is 15.9. The van der Waals surface area contributed by atoms with Gasteiger partial charge in [0.05, 0.1) is 11.4 Å². The van der Waals surface area contributed by atoms with E-state index in [-0.39, 0.29) is 5.91 Å². The molecule has 1 amide bonds. The summed E-state index contributed by atoms with van der Waals surface area (Å²) < 4.78 is 0.920. The van der Waals surface area contributed by atoms with Crippen molar-refractivity contribution in [1.29, 1.82) is 0 Å². The highest BCUT2D eigenvalue weighted by molar-refractivity contribution is 8.01. The van der Waals surface area contributed by atoms with Gasteiger partial charge in [-0.3, -0.25) is 4.79 Å². The van der Waals surface area contributed by atoms with Crippen molar-refractivity contribution < 1.29 is 4.79 Å². The SMILES string of the molecule is Cc1nc(SCC(N)=O)sc1C. The molecule has 0 aliphatic rings. The second-order valence-corrected chi connectivity index (χ2v) is 4.80. The lowest BCUT2D eigenvalue weighted by molar-refractivity contribution is -0.115. The van der Waals surface area contributed by atoms with E-state index in [0.29, 0.717) is 5.75 Å². The zero-order valence-electron chi connectivity index (χ0n) is 6.96. The van der Waals surface area contributed by atoms with Crippen LogP contribution in [0, 0.1) is 13.8 Å². The molecule has 1 rings (SSSR count). The van der Waals surface area contributed by atoms with Crippen LogP contribution >= 0.6 is 23.1 Å². The third-order valence-corrected chi connectivity index (χ3v) is 3.58. The van der Waals surface area contributed by atoms with Crippen LogP contribution in [0.25, 0.3) is 0 Å². The Morgan fingerprint density at radius 2 is 2.33 bits per heavy atom. The summed E-state index contributed by atoms with van der Waals surface area (Å²) in [5.74, 6) is 0.0114. The highest BCUT2D eigenvalue weighted by Gasteiger charge is 2.04. The number of hydrogen-bond donors (Lipinski definition) is 1. The molecular weight excluding hydrogens is 192 g/mol. The summed E-state index contributed by atoms with van der Waals surface area (Å²) >= 11 is 3.00. The number of nitrogens with two attached hydrogens (primary N) is 1. The number of rotatable bonds is 3. The summed E-state index contributed by atoms with van der Waals surface area (Å²) in [6.45, 7) is 3.97. The zero-order valence-corrected chi connectivity index (χ0v) is 8.59. The number of carbonyl (C=O) groups excluding carboxylic acids is 1. The standard InChI is InChI=1S/C7H10N2OS2/c1-4-5(2)12-7(9-4)11-3-6(8)10/h3H2,1-2H3,(H2,8,10). The van der Waals surface area contributed by atoms with Gasteiger partial charge < -0.3 is 5.73 Å². The van der Waals surface area contributed by atoms with Gasteiger partial charge in [-0.1, -0.05) is 11.8 Å². The minimum atomic E-state index is -0.300. The Labute approximate surface area is 79.4 Å². The maximum Gasteiger partial charge on any atom is 0.227 e. The molecule has 0 atom stereocenters. The molecule has 0 aliphatic carbocycles. The van der Waals surface area contributed by atoms with Crippen molar-refractivity contribution in [3.05, 3.63) is 10.6 Å². The molecule has 1 heterocycles. The molecule has 12 heavy (non-hydrogen) atoms. The molecule has 2 N–H and O–H groups in total. The average Bonchev–Trinajstić information content (AvgIpc) is 2.28. The number of amides is 1. The molecule has 0 aromatic carbocycles. The number of aryl methyl sites for hydroxylation is 2. The summed E-state index contributed by atoms with van der Waals surface area (Å²) in [7, 11) is 0. The van der Waals surface area contributed by atoms with E-state index >= 15 is 0 Å². The van der Waals surface area contributed by atoms with Gasteiger partial charge in [-0.2, -0.15) is 0 Å². The van der Waals surface area contributed by atoms with Crippen LogP contribution in [0.5, 0.6) is 0 Å². The quantitative estimate of drug-likeness (QED) is 0.752. The normalized spacial score (nSPS) is 10.2. The summed E-state index contributed by atoms with van der Waals surface area (Å²) in [6.07, 6.45) is 0. The molecule has 0 bridgehead atoms. The summed E-state index contributed by atoms with van der Waals surface area (Å²) in [5, 5.41) is 0. The Hall–Kier alpha value is -0.550. The third-order valence-electron chi connectivity index (χ3n) is 1.35. The second-order valence-electron chi connectivity index (χ2n) is 2.38. The van der Waals surface area contributed by atoms with Gasteiger partial charge in [0.1, 0.15) is 0 Å². The fraction of sp³-hybridized carbons (Fsp3) is 0.429. The molecule has 0 unspecified atom stereocenters. The van der Waals surface area contributed by atoms with Crippen LogP contribution in [-0.2, 0) is 4.79 Å². The highest BCUT2D eigenvalue weighted by Crippen LogP contribution is 2.25. The first-order chi connectivity index (χ1) is 5.59. The Bertz CT molecular complexity index is 276. The first kappa shape index (κ1) is 9.54. The van der Waals surface area contributed by atoms with Crippen LogP contribution in [-0.4, -0.2) is 16.6 Å². The molecule has 0 saturated carbocycles. The van der Waals surface area contributed by atoms with Crippen molar-refractivity contribution in [2.75, 3.05) is 5.75 Å². The molecule has 1 aromatic rings. The number of thioether (sulfide) groups is 1. The van der Waals surface area contributed by atoms with Crippen LogP contribution < -0.4 is 5.73 Å². The number of primary amides is 1. The van der Waals surface area contributed by atoms with Crippen LogP contribution in [0.4, 0.5) is 0 Å². The number of nitrogens with zero attached hydrogens (tertiary/aromatic N) is 1. The predicted octanol–water partition coefficient (Wildman–Crippen LogP) is 1.34. The first-order valence-corrected chi connectivity index (χ1v) is 5.25. The van der Waals surface area contributed by atoms with E-state index in [1.54, 1.807) is 11.3 Å². The van der Waals surface area contributed by atoms with Crippen molar-refractivity contribution in [2.45, 2.75) is 18.2 Å². The second kappa shape index (κ2) is 3.91. The van der Waals surface area contributed by atoms with Gasteiger partial charge in [0.15, 0.2) is 4.34 Å². The lowest BCUT2D eigenvalue weighted by Crippen LogP contribution is -2.12. The van der Waals surface area contributed by atoms with Crippen molar-refractivity contribution in [1.82, 2.24) is 4.98 Å². The Morgan fingerprint density at radius 3 is 2.75 bits per heavy atom. The monoisotopic (exact) mass is 202 g/mol. The van der Waals surface area contributed by atoms with E-state index in [0.717, 1.165) is 10.0 Å². The fourth-order valence-corrected chi connectivity index (χ4v) is 2.53. The summed E-state index contributed by atoms with van der Waals surface area (Å²) in [6, 6.07) is 0. The smallest absolute Gasteiger partial charge is 0.227 e. The van der Waals surface area contributed by atoms with Crippen LogP contribution in [0.2, 0.25) is 0 Å². The number of hydrogen-bond acceptors (Lipinski definition) is 4.